The Balaban J connectivity index is 1.12. The average molecular weight is 800 g/mol. The van der Waals surface area contributed by atoms with Gasteiger partial charge in [-0.05, 0) is 93.0 Å². The highest BCUT2D eigenvalue weighted by atomic mass is 16.3. The molecule has 0 saturated carbocycles. The summed E-state index contributed by atoms with van der Waals surface area (Å²) in [4.78, 5) is 15.3. The number of nitrogens with zero attached hydrogens (tertiary/aromatic N) is 3. The van der Waals surface area contributed by atoms with Gasteiger partial charge in [0.1, 0.15) is 22.3 Å². The zero-order valence-electron chi connectivity index (χ0n) is 38.9. The summed E-state index contributed by atoms with van der Waals surface area (Å²) in [5.41, 5.74) is 9.01. The summed E-state index contributed by atoms with van der Waals surface area (Å²) in [7, 11) is 0. The predicted molar refractivity (Wildman–Crippen MR) is 252 cm³/mol. The summed E-state index contributed by atoms with van der Waals surface area (Å²) < 4.78 is 68.8. The highest BCUT2D eigenvalue weighted by molar-refractivity contribution is 6.13. The lowest BCUT2D eigenvalue weighted by Crippen LogP contribution is -2.01. The van der Waals surface area contributed by atoms with E-state index < -0.39 is 0 Å². The number of furan rings is 2. The van der Waals surface area contributed by atoms with Crippen molar-refractivity contribution in [2.24, 2.45) is 0 Å². The highest BCUT2D eigenvalue weighted by Gasteiger charge is 2.20. The smallest absolute Gasteiger partial charge is 0.164 e. The summed E-state index contributed by atoms with van der Waals surface area (Å²) in [6.45, 7) is 0. The number of rotatable bonds is 7. The van der Waals surface area contributed by atoms with Crippen LogP contribution in [0.5, 0.6) is 0 Å². The van der Waals surface area contributed by atoms with Crippen LogP contribution in [0, 0.1) is 0 Å². The van der Waals surface area contributed by atoms with Crippen molar-refractivity contribution in [1.82, 2.24) is 15.0 Å². The first-order valence-electron chi connectivity index (χ1n) is 23.3. The number of benzene rings is 9. The van der Waals surface area contributed by atoms with E-state index in [1.807, 2.05) is 170 Å². The van der Waals surface area contributed by atoms with Gasteiger partial charge in [-0.1, -0.05) is 164 Å². The summed E-state index contributed by atoms with van der Waals surface area (Å²) >= 11 is 0. The Labute approximate surface area is 365 Å². The molecule has 3 heterocycles. The standard InChI is InChI=1S/C57H35N3O2/c1-4-14-36(15-5-1)39-26-28-40(29-27-39)45-21-12-24-50-53(45)47-31-30-41(35-52(47)62-50)55-58-56(60-57(59-55)48-22-13-25-51-54(48)46-20-10-11-23-49(46)61-51)44-33-42(37-16-6-2-7-17-37)32-43(34-44)38-18-8-3-9-19-38/h1-35H/i12D,21D,24D,30D,31D,35D. The maximum absolute atomic E-state index is 9.81. The molecule has 0 amide bonds. The van der Waals surface area contributed by atoms with E-state index in [2.05, 4.69) is 6.07 Å². The summed E-state index contributed by atoms with van der Waals surface area (Å²) in [6.07, 6.45) is 0. The van der Waals surface area contributed by atoms with Gasteiger partial charge in [0.25, 0.3) is 0 Å². The van der Waals surface area contributed by atoms with Crippen LogP contribution >= 0.6 is 0 Å². The van der Waals surface area contributed by atoms with Crippen LogP contribution in [0.25, 0.3) is 123 Å². The normalized spacial score (nSPS) is 12.9. The van der Waals surface area contributed by atoms with Gasteiger partial charge < -0.3 is 8.83 Å². The molecule has 0 aliphatic rings. The van der Waals surface area contributed by atoms with Crippen LogP contribution in [0.2, 0.25) is 0 Å². The van der Waals surface area contributed by atoms with Gasteiger partial charge in [0.05, 0.1) is 8.22 Å². The molecule has 0 N–H and O–H groups in total. The van der Waals surface area contributed by atoms with Crippen LogP contribution in [0.3, 0.4) is 0 Å². The van der Waals surface area contributed by atoms with Gasteiger partial charge in [0.2, 0.25) is 0 Å². The van der Waals surface area contributed by atoms with Gasteiger partial charge in [0, 0.05) is 38.2 Å². The van der Waals surface area contributed by atoms with Gasteiger partial charge in [-0.15, -0.1) is 0 Å². The van der Waals surface area contributed by atoms with Crippen molar-refractivity contribution in [2.45, 2.75) is 0 Å². The monoisotopic (exact) mass is 799 g/mol. The number of hydrogen-bond donors (Lipinski definition) is 0. The Morgan fingerprint density at radius 2 is 0.855 bits per heavy atom. The third-order valence-corrected chi connectivity index (χ3v) is 11.3. The van der Waals surface area contributed by atoms with Crippen molar-refractivity contribution in [3.8, 4) is 78.7 Å². The van der Waals surface area contributed by atoms with Crippen LogP contribution in [0.15, 0.2) is 221 Å². The van der Waals surface area contributed by atoms with E-state index in [1.54, 1.807) is 0 Å². The number of hydrogen-bond acceptors (Lipinski definition) is 5. The predicted octanol–water partition coefficient (Wildman–Crippen LogP) is 15.3. The van der Waals surface area contributed by atoms with Gasteiger partial charge in [-0.25, -0.2) is 15.0 Å². The van der Waals surface area contributed by atoms with Crippen molar-refractivity contribution in [3.63, 3.8) is 0 Å². The Kier molecular flexibility index (Phi) is 7.05. The molecular weight excluding hydrogens is 759 g/mol. The Hall–Kier alpha value is -8.41. The van der Waals surface area contributed by atoms with E-state index in [4.69, 9.17) is 27.9 Å². The molecule has 0 aliphatic carbocycles. The molecule has 0 aliphatic heterocycles. The molecule has 5 heteroatoms. The first-order valence-corrected chi connectivity index (χ1v) is 20.3. The fourth-order valence-corrected chi connectivity index (χ4v) is 8.29. The molecule has 290 valence electrons. The number of aromatic nitrogens is 3. The SMILES string of the molecule is [2H]c1c([2H])c(-c2ccc(-c3ccccc3)cc2)c2c(oc3c([2H])c(-c4nc(-c5cc(-c6ccccc6)cc(-c6ccccc6)c5)nc(-c5cccc6oc7ccccc7c56)n4)c([2H])c([2H])c32)c1[2H]. The third-order valence-electron chi connectivity index (χ3n) is 11.3. The van der Waals surface area contributed by atoms with E-state index in [0.717, 1.165) is 44.2 Å². The third kappa shape index (κ3) is 6.23. The second-order valence-corrected chi connectivity index (χ2v) is 15.1. The quantitative estimate of drug-likeness (QED) is 0.161. The van der Waals surface area contributed by atoms with E-state index in [0.29, 0.717) is 27.9 Å². The second-order valence-electron chi connectivity index (χ2n) is 15.1. The molecule has 12 aromatic rings. The van der Waals surface area contributed by atoms with Crippen LogP contribution in [0.4, 0.5) is 0 Å². The molecular formula is C57H35N3O2. The maximum atomic E-state index is 9.81. The Morgan fingerprint density at radius 3 is 1.56 bits per heavy atom. The molecule has 0 atom stereocenters. The van der Waals surface area contributed by atoms with Crippen molar-refractivity contribution < 1.29 is 17.1 Å². The van der Waals surface area contributed by atoms with Gasteiger partial charge >= 0.3 is 0 Å². The molecule has 0 spiro atoms. The summed E-state index contributed by atoms with van der Waals surface area (Å²) in [6, 6.07) is 55.1. The largest absolute Gasteiger partial charge is 0.456 e. The van der Waals surface area contributed by atoms with Gasteiger partial charge in [-0.3, -0.25) is 0 Å². The molecule has 0 unspecified atom stereocenters. The van der Waals surface area contributed by atoms with Crippen molar-refractivity contribution in [2.75, 3.05) is 0 Å². The van der Waals surface area contributed by atoms with Crippen molar-refractivity contribution in [1.29, 1.82) is 0 Å². The minimum absolute atomic E-state index is 0.0304. The lowest BCUT2D eigenvalue weighted by molar-refractivity contribution is 0.668. The summed E-state index contributed by atoms with van der Waals surface area (Å²) in [5.74, 6) is 0.500. The molecule has 12 rings (SSSR count). The fraction of sp³-hybridized carbons (Fsp3) is 0. The number of fused-ring (bicyclic) bond motifs is 6. The van der Waals surface area contributed by atoms with E-state index in [-0.39, 0.29) is 86.8 Å². The molecule has 5 nitrogen and oxygen atoms in total. The molecule has 0 radical (unpaired) electrons. The molecule has 62 heavy (non-hydrogen) atoms. The average Bonchev–Trinajstić information content (AvgIpc) is 3.98. The maximum Gasteiger partial charge on any atom is 0.164 e. The lowest BCUT2D eigenvalue weighted by Gasteiger charge is -2.13. The zero-order valence-corrected chi connectivity index (χ0v) is 32.9. The highest BCUT2D eigenvalue weighted by Crippen LogP contribution is 2.41. The van der Waals surface area contributed by atoms with E-state index >= 15 is 0 Å². The van der Waals surface area contributed by atoms with Crippen molar-refractivity contribution in [3.05, 3.63) is 212 Å². The van der Waals surface area contributed by atoms with Crippen LogP contribution in [-0.2, 0) is 0 Å². The van der Waals surface area contributed by atoms with E-state index in [1.165, 1.54) is 0 Å². The molecule has 0 bridgehead atoms. The number of para-hydroxylation sites is 1. The zero-order chi connectivity index (χ0) is 46.2. The van der Waals surface area contributed by atoms with Gasteiger partial charge in [0.15, 0.2) is 17.5 Å². The fourth-order valence-electron chi connectivity index (χ4n) is 8.29. The molecule has 0 saturated heterocycles. The van der Waals surface area contributed by atoms with Crippen LogP contribution in [-0.4, -0.2) is 15.0 Å². The first kappa shape index (κ1) is 29.7. The first-order chi connectivity index (χ1) is 33.2. The van der Waals surface area contributed by atoms with E-state index in [9.17, 15) is 4.11 Å². The van der Waals surface area contributed by atoms with Crippen LogP contribution < -0.4 is 0 Å². The summed E-state index contributed by atoms with van der Waals surface area (Å²) in [5, 5.41) is 1.96. The molecule has 9 aromatic carbocycles. The molecule has 3 aromatic heterocycles. The van der Waals surface area contributed by atoms with Crippen LogP contribution in [0.1, 0.15) is 8.22 Å². The molecule has 0 fully saturated rings. The van der Waals surface area contributed by atoms with Crippen molar-refractivity contribution >= 4 is 43.9 Å². The lowest BCUT2D eigenvalue weighted by atomic mass is 9.95. The second kappa shape index (κ2) is 14.7. The minimum Gasteiger partial charge on any atom is -0.456 e. The topological polar surface area (TPSA) is 65.0 Å². The minimum atomic E-state index is -0.358. The Bertz CT molecular complexity index is 3910. The van der Waals surface area contributed by atoms with Gasteiger partial charge in [-0.2, -0.15) is 0 Å². The Morgan fingerprint density at radius 1 is 0.323 bits per heavy atom.